The highest BCUT2D eigenvalue weighted by molar-refractivity contribution is 6.32. The molecule has 1 aromatic heterocycles. The number of methoxy groups -OCH3 is 1. The van der Waals surface area contributed by atoms with Gasteiger partial charge in [-0.25, -0.2) is 9.97 Å². The second-order valence-corrected chi connectivity index (χ2v) is 6.30. The number of nitrogens with zero attached hydrogens (tertiary/aromatic N) is 3. The summed E-state index contributed by atoms with van der Waals surface area (Å²) in [6.45, 7) is 1.19. The minimum Gasteiger partial charge on any atom is -0.477 e. The molecule has 1 aliphatic heterocycles. The number of carbonyl (C=O) groups is 1. The van der Waals surface area contributed by atoms with Crippen molar-refractivity contribution in [3.8, 4) is 11.8 Å². The van der Waals surface area contributed by atoms with E-state index in [1.54, 1.807) is 35.5 Å². The molecule has 1 aromatic carbocycles. The normalized spacial score (nSPS) is 17.3. The number of rotatable bonds is 5. The minimum atomic E-state index is -0.146. The van der Waals surface area contributed by atoms with Crippen LogP contribution >= 0.6 is 11.6 Å². The second kappa shape index (κ2) is 8.67. The third-order valence-corrected chi connectivity index (χ3v) is 4.45. The van der Waals surface area contributed by atoms with Crippen LogP contribution in [0.5, 0.6) is 11.8 Å². The molecule has 6 nitrogen and oxygen atoms in total. The molecule has 0 radical (unpaired) electrons. The number of hydrogen-bond donors (Lipinski definition) is 0. The first-order chi connectivity index (χ1) is 12.7. The van der Waals surface area contributed by atoms with Crippen LogP contribution in [-0.4, -0.2) is 47.1 Å². The molecule has 2 aromatic rings. The number of piperidine rings is 1. The first-order valence-corrected chi connectivity index (χ1v) is 8.78. The lowest BCUT2D eigenvalue weighted by atomic mass is 10.1. The van der Waals surface area contributed by atoms with Crippen molar-refractivity contribution in [3.05, 3.63) is 53.3 Å². The zero-order valence-corrected chi connectivity index (χ0v) is 15.2. The third kappa shape index (κ3) is 4.52. The average Bonchev–Trinajstić information content (AvgIpc) is 2.68. The van der Waals surface area contributed by atoms with E-state index in [0.29, 0.717) is 29.9 Å². The van der Waals surface area contributed by atoms with Crippen molar-refractivity contribution in [1.82, 2.24) is 14.9 Å². The Morgan fingerprint density at radius 2 is 2.04 bits per heavy atom. The predicted octanol–water partition coefficient (Wildman–Crippen LogP) is 3.22. The van der Waals surface area contributed by atoms with Gasteiger partial charge in [-0.05, 0) is 30.5 Å². The Morgan fingerprint density at radius 1 is 1.27 bits per heavy atom. The Kier molecular flexibility index (Phi) is 6.07. The maximum atomic E-state index is 12.5. The third-order valence-electron chi connectivity index (χ3n) is 4.11. The number of halogens is 1. The van der Waals surface area contributed by atoms with Gasteiger partial charge >= 0.3 is 0 Å². The van der Waals surface area contributed by atoms with Crippen molar-refractivity contribution in [1.29, 1.82) is 0 Å². The quantitative estimate of drug-likeness (QED) is 0.753. The largest absolute Gasteiger partial charge is 0.477 e. The lowest BCUT2D eigenvalue weighted by Crippen LogP contribution is -2.43. The molecule has 136 valence electrons. The van der Waals surface area contributed by atoms with E-state index < -0.39 is 0 Å². The number of benzene rings is 1. The molecule has 1 amide bonds. The minimum absolute atomic E-state index is 0.0654. The zero-order valence-electron chi connectivity index (χ0n) is 14.5. The molecule has 3 rings (SSSR count). The van der Waals surface area contributed by atoms with Crippen LogP contribution in [0.15, 0.2) is 42.7 Å². The number of ether oxygens (including phenoxy) is 2. The molecular weight excluding hydrogens is 354 g/mol. The highest BCUT2D eigenvalue weighted by atomic mass is 35.5. The fourth-order valence-corrected chi connectivity index (χ4v) is 3.00. The number of carbonyl (C=O) groups excluding carboxylic acids is 1. The van der Waals surface area contributed by atoms with Crippen LogP contribution in [0.25, 0.3) is 6.08 Å². The predicted molar refractivity (Wildman–Crippen MR) is 99.3 cm³/mol. The van der Waals surface area contributed by atoms with Gasteiger partial charge < -0.3 is 14.4 Å². The molecule has 26 heavy (non-hydrogen) atoms. The van der Waals surface area contributed by atoms with Crippen molar-refractivity contribution < 1.29 is 14.3 Å². The lowest BCUT2D eigenvalue weighted by Gasteiger charge is -2.32. The van der Waals surface area contributed by atoms with E-state index in [9.17, 15) is 4.79 Å². The molecule has 1 saturated heterocycles. The topological polar surface area (TPSA) is 64.6 Å². The summed E-state index contributed by atoms with van der Waals surface area (Å²) in [5.74, 6) is 0.625. The van der Waals surface area contributed by atoms with Crippen LogP contribution in [0, 0.1) is 0 Å². The van der Waals surface area contributed by atoms with E-state index >= 15 is 0 Å². The Labute approximate surface area is 157 Å². The highest BCUT2D eigenvalue weighted by Gasteiger charge is 2.25. The highest BCUT2D eigenvalue weighted by Crippen LogP contribution is 2.24. The molecule has 1 atom stereocenters. The number of amides is 1. The Hall–Kier alpha value is -2.60. The van der Waals surface area contributed by atoms with E-state index in [2.05, 4.69) is 9.97 Å². The summed E-state index contributed by atoms with van der Waals surface area (Å²) in [5.41, 5.74) is 0.816. The SMILES string of the molecule is COc1nccnc1OC1CCCN(C(=O)/C=C/c2ccccc2Cl)C1. The van der Waals surface area contributed by atoms with Gasteiger partial charge in [0.25, 0.3) is 11.8 Å². The average molecular weight is 374 g/mol. The maximum absolute atomic E-state index is 12.5. The molecule has 0 saturated carbocycles. The molecule has 2 heterocycles. The maximum Gasteiger partial charge on any atom is 0.278 e. The van der Waals surface area contributed by atoms with Gasteiger partial charge in [0, 0.05) is 30.0 Å². The first kappa shape index (κ1) is 18.2. The van der Waals surface area contributed by atoms with Gasteiger partial charge in [0.05, 0.1) is 13.7 Å². The molecule has 0 N–H and O–H groups in total. The van der Waals surface area contributed by atoms with Crippen LogP contribution < -0.4 is 9.47 Å². The summed E-state index contributed by atoms with van der Waals surface area (Å²) in [4.78, 5) is 22.5. The first-order valence-electron chi connectivity index (χ1n) is 8.40. The van der Waals surface area contributed by atoms with Crippen LogP contribution in [0.1, 0.15) is 18.4 Å². The van der Waals surface area contributed by atoms with Crippen molar-refractivity contribution in [2.45, 2.75) is 18.9 Å². The smallest absolute Gasteiger partial charge is 0.278 e. The van der Waals surface area contributed by atoms with Crippen LogP contribution in [-0.2, 0) is 4.79 Å². The van der Waals surface area contributed by atoms with Gasteiger partial charge in [0.15, 0.2) is 0 Å². The van der Waals surface area contributed by atoms with Crippen molar-refractivity contribution in [2.75, 3.05) is 20.2 Å². The van der Waals surface area contributed by atoms with Crippen LogP contribution in [0.4, 0.5) is 0 Å². The lowest BCUT2D eigenvalue weighted by molar-refractivity contribution is -0.128. The van der Waals surface area contributed by atoms with E-state index in [1.807, 2.05) is 18.2 Å². The fourth-order valence-electron chi connectivity index (χ4n) is 2.80. The Morgan fingerprint density at radius 3 is 2.81 bits per heavy atom. The zero-order chi connectivity index (χ0) is 18.4. The van der Waals surface area contributed by atoms with Gasteiger partial charge in [-0.2, -0.15) is 0 Å². The van der Waals surface area contributed by atoms with Gasteiger partial charge in [0.2, 0.25) is 5.91 Å². The summed E-state index contributed by atoms with van der Waals surface area (Å²) in [6, 6.07) is 7.41. The molecule has 0 spiro atoms. The van der Waals surface area contributed by atoms with Crippen LogP contribution in [0.2, 0.25) is 5.02 Å². The molecule has 1 fully saturated rings. The van der Waals surface area contributed by atoms with Gasteiger partial charge in [-0.15, -0.1) is 0 Å². The second-order valence-electron chi connectivity index (χ2n) is 5.89. The molecule has 0 bridgehead atoms. The van der Waals surface area contributed by atoms with Gasteiger partial charge in [-0.3, -0.25) is 4.79 Å². The van der Waals surface area contributed by atoms with E-state index in [1.165, 1.54) is 7.11 Å². The van der Waals surface area contributed by atoms with Crippen LogP contribution in [0.3, 0.4) is 0 Å². The standard InChI is InChI=1S/C19H20ClN3O3/c1-25-18-19(22-11-10-21-18)26-15-6-4-12-23(13-15)17(24)9-8-14-5-2-3-7-16(14)20/h2-3,5,7-11,15H,4,6,12-13H2,1H3/b9-8+. The Bertz CT molecular complexity index is 797. The summed E-state index contributed by atoms with van der Waals surface area (Å²) >= 11 is 6.11. The van der Waals surface area contributed by atoms with E-state index in [0.717, 1.165) is 18.4 Å². The monoisotopic (exact) mass is 373 g/mol. The van der Waals surface area contributed by atoms with Crippen molar-refractivity contribution in [3.63, 3.8) is 0 Å². The van der Waals surface area contributed by atoms with E-state index in [-0.39, 0.29) is 12.0 Å². The molecule has 1 aliphatic rings. The van der Waals surface area contributed by atoms with Gasteiger partial charge in [-0.1, -0.05) is 29.8 Å². The van der Waals surface area contributed by atoms with Crippen molar-refractivity contribution >= 4 is 23.6 Å². The molecule has 0 aliphatic carbocycles. The molecule has 1 unspecified atom stereocenters. The number of hydrogen-bond acceptors (Lipinski definition) is 5. The number of likely N-dealkylation sites (tertiary alicyclic amines) is 1. The van der Waals surface area contributed by atoms with E-state index in [4.69, 9.17) is 21.1 Å². The molecule has 7 heteroatoms. The molecular formula is C19H20ClN3O3. The van der Waals surface area contributed by atoms with Gasteiger partial charge in [0.1, 0.15) is 6.10 Å². The summed E-state index contributed by atoms with van der Waals surface area (Å²) < 4.78 is 11.1. The summed E-state index contributed by atoms with van der Waals surface area (Å²) in [5, 5.41) is 0.617. The fraction of sp³-hybridized carbons (Fsp3) is 0.316. The summed E-state index contributed by atoms with van der Waals surface area (Å²) in [6.07, 6.45) is 7.94. The number of aromatic nitrogens is 2. The Balaban J connectivity index is 1.63. The van der Waals surface area contributed by atoms with Crippen molar-refractivity contribution in [2.24, 2.45) is 0 Å². The summed E-state index contributed by atoms with van der Waals surface area (Å²) in [7, 11) is 1.52.